The molecule has 116 valence electrons. The lowest BCUT2D eigenvalue weighted by Crippen LogP contribution is -2.30. The lowest BCUT2D eigenvalue weighted by atomic mass is 10.2. The summed E-state index contributed by atoms with van der Waals surface area (Å²) in [5.41, 5.74) is 2.83. The summed E-state index contributed by atoms with van der Waals surface area (Å²) in [6.07, 6.45) is 0. The van der Waals surface area contributed by atoms with E-state index in [0.29, 0.717) is 16.0 Å². The van der Waals surface area contributed by atoms with E-state index in [4.69, 9.17) is 12.2 Å². The van der Waals surface area contributed by atoms with Crippen LogP contribution in [0.25, 0.3) is 0 Å². The molecule has 1 aliphatic heterocycles. The number of aliphatic imine (C=N–C) groups is 1. The number of amides is 1. The molecule has 1 N–H and O–H groups in total. The van der Waals surface area contributed by atoms with Gasteiger partial charge in [-0.1, -0.05) is 47.7 Å². The smallest absolute Gasteiger partial charge is 0.243 e. The number of benzene rings is 2. The van der Waals surface area contributed by atoms with Crippen LogP contribution in [0.3, 0.4) is 0 Å². The highest BCUT2D eigenvalue weighted by atomic mass is 32.2. The van der Waals surface area contributed by atoms with E-state index in [1.165, 1.54) is 11.8 Å². The van der Waals surface area contributed by atoms with Gasteiger partial charge in [0, 0.05) is 5.69 Å². The van der Waals surface area contributed by atoms with Gasteiger partial charge in [0.25, 0.3) is 0 Å². The summed E-state index contributed by atoms with van der Waals surface area (Å²) in [4.78, 5) is 18.2. The fourth-order valence-electron chi connectivity index (χ4n) is 2.15. The lowest BCUT2D eigenvalue weighted by Gasteiger charge is -2.16. The number of hydrogen-bond acceptors (Lipinski definition) is 3. The predicted molar refractivity (Wildman–Crippen MR) is 101 cm³/mol. The van der Waals surface area contributed by atoms with Crippen molar-refractivity contribution in [3.63, 3.8) is 0 Å². The van der Waals surface area contributed by atoms with Gasteiger partial charge in [0.15, 0.2) is 10.3 Å². The molecule has 3 rings (SSSR count). The van der Waals surface area contributed by atoms with Crippen LogP contribution >= 0.6 is 24.0 Å². The van der Waals surface area contributed by atoms with E-state index in [1.807, 2.05) is 61.5 Å². The van der Waals surface area contributed by atoms with E-state index in [0.717, 1.165) is 16.9 Å². The minimum absolute atomic E-state index is 0.0140. The maximum Gasteiger partial charge on any atom is 0.243 e. The van der Waals surface area contributed by atoms with Gasteiger partial charge in [0.05, 0.1) is 11.4 Å². The highest BCUT2D eigenvalue weighted by Gasteiger charge is 2.29. The van der Waals surface area contributed by atoms with Gasteiger partial charge in [-0.3, -0.25) is 9.69 Å². The first kappa shape index (κ1) is 15.7. The number of aryl methyl sites for hydroxylation is 1. The quantitative estimate of drug-likeness (QED) is 0.843. The number of para-hydroxylation sites is 1. The first-order chi connectivity index (χ1) is 11.1. The number of nitrogens with zero attached hydrogens (tertiary/aromatic N) is 2. The number of thiocarbonyl (C=S) groups is 1. The Labute approximate surface area is 144 Å². The van der Waals surface area contributed by atoms with Gasteiger partial charge in [-0.2, -0.15) is 4.99 Å². The first-order valence-corrected chi connectivity index (χ1v) is 8.50. The number of hydrogen-bond donors (Lipinski definition) is 1. The number of amidine groups is 1. The van der Waals surface area contributed by atoms with Crippen molar-refractivity contribution in [3.05, 3.63) is 60.2 Å². The molecule has 6 heteroatoms. The summed E-state index contributed by atoms with van der Waals surface area (Å²) < 4.78 is 0. The van der Waals surface area contributed by atoms with Crippen LogP contribution in [-0.4, -0.2) is 21.9 Å². The molecule has 1 fully saturated rings. The second kappa shape index (κ2) is 6.93. The van der Waals surface area contributed by atoms with Gasteiger partial charge < -0.3 is 5.32 Å². The molecular weight excluding hydrogens is 326 g/mol. The third kappa shape index (κ3) is 3.78. The summed E-state index contributed by atoms with van der Waals surface area (Å²) in [6, 6.07) is 17.4. The third-order valence-electron chi connectivity index (χ3n) is 3.28. The van der Waals surface area contributed by atoms with E-state index >= 15 is 0 Å². The van der Waals surface area contributed by atoms with Crippen LogP contribution in [-0.2, 0) is 4.79 Å². The topological polar surface area (TPSA) is 44.7 Å². The van der Waals surface area contributed by atoms with Crippen molar-refractivity contribution < 1.29 is 4.79 Å². The largest absolute Gasteiger partial charge is 0.331 e. The van der Waals surface area contributed by atoms with Crippen LogP contribution in [0.1, 0.15) is 5.56 Å². The predicted octanol–water partition coefficient (Wildman–Crippen LogP) is 3.83. The number of anilines is 2. The van der Waals surface area contributed by atoms with E-state index in [9.17, 15) is 4.79 Å². The normalized spacial score (nSPS) is 16.0. The van der Waals surface area contributed by atoms with Gasteiger partial charge >= 0.3 is 0 Å². The molecule has 0 bridgehead atoms. The molecule has 1 saturated heterocycles. The Balaban J connectivity index is 1.81. The van der Waals surface area contributed by atoms with Crippen molar-refractivity contribution >= 4 is 51.5 Å². The fourth-order valence-corrected chi connectivity index (χ4v) is 3.29. The van der Waals surface area contributed by atoms with Crippen molar-refractivity contribution in [1.29, 1.82) is 0 Å². The number of carbonyl (C=O) groups is 1. The molecular formula is C17H15N3OS2. The molecule has 0 radical (unpaired) electrons. The Kier molecular flexibility index (Phi) is 4.73. The zero-order valence-corrected chi connectivity index (χ0v) is 14.2. The SMILES string of the molecule is Cc1ccc(N2C(=O)CSC2=NC(=S)Nc2ccccc2)cc1. The van der Waals surface area contributed by atoms with E-state index in [-0.39, 0.29) is 5.91 Å². The average molecular weight is 341 g/mol. The summed E-state index contributed by atoms with van der Waals surface area (Å²) in [5.74, 6) is 0.390. The Morgan fingerprint density at radius 3 is 2.57 bits per heavy atom. The molecule has 0 unspecified atom stereocenters. The van der Waals surface area contributed by atoms with E-state index in [2.05, 4.69) is 10.3 Å². The van der Waals surface area contributed by atoms with Crippen LogP contribution in [0.15, 0.2) is 59.6 Å². The first-order valence-electron chi connectivity index (χ1n) is 7.10. The Morgan fingerprint density at radius 1 is 1.17 bits per heavy atom. The molecule has 2 aromatic carbocycles. The maximum absolute atomic E-state index is 12.2. The van der Waals surface area contributed by atoms with Crippen molar-refractivity contribution in [3.8, 4) is 0 Å². The van der Waals surface area contributed by atoms with Crippen molar-refractivity contribution in [2.75, 3.05) is 16.0 Å². The second-order valence-electron chi connectivity index (χ2n) is 5.04. The van der Waals surface area contributed by atoms with Gasteiger partial charge in [-0.05, 0) is 43.4 Å². The molecule has 0 spiro atoms. The van der Waals surface area contributed by atoms with Gasteiger partial charge in [0.2, 0.25) is 5.91 Å². The van der Waals surface area contributed by atoms with E-state index in [1.54, 1.807) is 4.90 Å². The van der Waals surface area contributed by atoms with Gasteiger partial charge in [-0.15, -0.1) is 0 Å². The molecule has 2 aromatic rings. The molecule has 1 amide bonds. The molecule has 1 aliphatic rings. The Morgan fingerprint density at radius 2 is 1.87 bits per heavy atom. The third-order valence-corrected chi connectivity index (χ3v) is 4.40. The average Bonchev–Trinajstić information content (AvgIpc) is 2.90. The fraction of sp³-hybridized carbons (Fsp3) is 0.118. The van der Waals surface area contributed by atoms with Crippen LogP contribution in [0.4, 0.5) is 11.4 Å². The summed E-state index contributed by atoms with van der Waals surface area (Å²) in [6.45, 7) is 2.01. The molecule has 0 saturated carbocycles. The monoisotopic (exact) mass is 341 g/mol. The summed E-state index contributed by atoms with van der Waals surface area (Å²) in [7, 11) is 0. The minimum Gasteiger partial charge on any atom is -0.331 e. The Bertz CT molecular complexity index is 757. The van der Waals surface area contributed by atoms with Crippen LogP contribution in [0, 0.1) is 6.92 Å². The molecule has 0 aliphatic carbocycles. The molecule has 4 nitrogen and oxygen atoms in total. The number of thioether (sulfide) groups is 1. The van der Waals surface area contributed by atoms with Gasteiger partial charge in [0.1, 0.15) is 0 Å². The van der Waals surface area contributed by atoms with Crippen LogP contribution < -0.4 is 10.2 Å². The zero-order valence-electron chi connectivity index (χ0n) is 12.5. The Hall–Kier alpha value is -2.18. The lowest BCUT2D eigenvalue weighted by molar-refractivity contribution is -0.115. The molecule has 0 atom stereocenters. The number of rotatable bonds is 2. The van der Waals surface area contributed by atoms with E-state index < -0.39 is 0 Å². The highest BCUT2D eigenvalue weighted by molar-refractivity contribution is 8.15. The number of carbonyl (C=O) groups excluding carboxylic acids is 1. The molecule has 1 heterocycles. The maximum atomic E-state index is 12.2. The number of nitrogens with one attached hydrogen (secondary N) is 1. The van der Waals surface area contributed by atoms with Crippen LogP contribution in [0.2, 0.25) is 0 Å². The molecule has 0 aromatic heterocycles. The zero-order chi connectivity index (χ0) is 16.2. The van der Waals surface area contributed by atoms with Crippen molar-refractivity contribution in [2.24, 2.45) is 4.99 Å². The minimum atomic E-state index is 0.0140. The summed E-state index contributed by atoms with van der Waals surface area (Å²) in [5, 5.41) is 4.00. The van der Waals surface area contributed by atoms with Crippen molar-refractivity contribution in [2.45, 2.75) is 6.92 Å². The van der Waals surface area contributed by atoms with Gasteiger partial charge in [-0.25, -0.2) is 0 Å². The van der Waals surface area contributed by atoms with Crippen LogP contribution in [0.5, 0.6) is 0 Å². The molecule has 23 heavy (non-hydrogen) atoms. The standard InChI is InChI=1S/C17H15N3OS2/c1-12-7-9-14(10-8-12)20-15(21)11-23-17(20)19-16(22)18-13-5-3-2-4-6-13/h2-10H,11H2,1H3,(H,18,22). The highest BCUT2D eigenvalue weighted by Crippen LogP contribution is 2.27. The van der Waals surface area contributed by atoms with Crippen molar-refractivity contribution in [1.82, 2.24) is 0 Å². The summed E-state index contributed by atoms with van der Waals surface area (Å²) >= 11 is 6.68. The second-order valence-corrected chi connectivity index (χ2v) is 6.37.